The number of nitrogens with zero attached hydrogens (tertiary/aromatic N) is 2. The lowest BCUT2D eigenvalue weighted by molar-refractivity contribution is -0.517. The molecule has 3 rings (SSSR count). The molecule has 0 saturated heterocycles. The quantitative estimate of drug-likeness (QED) is 0.430. The van der Waals surface area contributed by atoms with E-state index in [9.17, 15) is 9.59 Å². The van der Waals surface area contributed by atoms with E-state index in [0.717, 1.165) is 25.7 Å². The third-order valence-corrected chi connectivity index (χ3v) is 5.15. The second kappa shape index (κ2) is 7.38. The molecule has 1 aromatic heterocycles. The molecule has 1 heterocycles. The average Bonchev–Trinajstić information content (AvgIpc) is 2.67. The molecule has 0 bridgehead atoms. The number of nitrogen functional groups attached to an aromatic ring is 1. The maximum absolute atomic E-state index is 12.5. The number of ether oxygens (including phenoxy) is 1. The zero-order valence-corrected chi connectivity index (χ0v) is 16.0. The maximum Gasteiger partial charge on any atom is 0.321 e. The van der Waals surface area contributed by atoms with Gasteiger partial charge in [0.2, 0.25) is 5.84 Å². The summed E-state index contributed by atoms with van der Waals surface area (Å²) in [6.45, 7) is 0. The number of rotatable bonds is 3. The van der Waals surface area contributed by atoms with Crippen LogP contribution in [0.25, 0.3) is 11.0 Å². The number of hydrogen-bond donors (Lipinski definition) is 3. The van der Waals surface area contributed by atoms with Crippen molar-refractivity contribution in [2.45, 2.75) is 32.1 Å². The molecule has 0 spiro atoms. The zero-order valence-electron chi connectivity index (χ0n) is 16.0. The van der Waals surface area contributed by atoms with Crippen LogP contribution < -0.4 is 20.6 Å². The Morgan fingerprint density at radius 2 is 1.96 bits per heavy atom. The van der Waals surface area contributed by atoms with Crippen LogP contribution in [0.3, 0.4) is 0 Å². The van der Waals surface area contributed by atoms with E-state index < -0.39 is 5.56 Å². The molecule has 0 aliphatic heterocycles. The Hall–Kier alpha value is -2.90. The van der Waals surface area contributed by atoms with Gasteiger partial charge in [0.15, 0.2) is 0 Å². The van der Waals surface area contributed by atoms with Crippen molar-refractivity contribution >= 4 is 28.6 Å². The topological polar surface area (TPSA) is 116 Å². The van der Waals surface area contributed by atoms with E-state index >= 15 is 0 Å². The monoisotopic (exact) mass is 372 g/mol. The van der Waals surface area contributed by atoms with Gasteiger partial charge in [0.1, 0.15) is 11.3 Å². The van der Waals surface area contributed by atoms with Gasteiger partial charge >= 0.3 is 5.56 Å². The number of anilines is 1. The van der Waals surface area contributed by atoms with Gasteiger partial charge in [-0.1, -0.05) is 19.3 Å². The van der Waals surface area contributed by atoms with Crippen molar-refractivity contribution in [2.75, 3.05) is 26.9 Å². The van der Waals surface area contributed by atoms with Gasteiger partial charge in [-0.25, -0.2) is 0 Å². The summed E-state index contributed by atoms with van der Waals surface area (Å²) in [7, 11) is 4.78. The first-order valence-corrected chi connectivity index (χ1v) is 9.11. The molecule has 1 fully saturated rings. The van der Waals surface area contributed by atoms with Crippen LogP contribution in [0, 0.1) is 11.3 Å². The van der Waals surface area contributed by atoms with Gasteiger partial charge in [-0.2, -0.15) is 9.98 Å². The van der Waals surface area contributed by atoms with Crippen LogP contribution in [0.4, 0.5) is 5.82 Å². The maximum atomic E-state index is 12.5. The summed E-state index contributed by atoms with van der Waals surface area (Å²) in [5.74, 6) is 0.479. The van der Waals surface area contributed by atoms with Crippen LogP contribution in [0.2, 0.25) is 0 Å². The summed E-state index contributed by atoms with van der Waals surface area (Å²) in [6.07, 6.45) is 5.13. The predicted octanol–water partition coefficient (Wildman–Crippen LogP) is 1.51. The fourth-order valence-corrected chi connectivity index (χ4v) is 3.67. The van der Waals surface area contributed by atoms with Crippen LogP contribution in [0.15, 0.2) is 16.9 Å². The smallest absolute Gasteiger partial charge is 0.321 e. The van der Waals surface area contributed by atoms with Gasteiger partial charge in [0.25, 0.3) is 11.7 Å². The van der Waals surface area contributed by atoms with Crippen molar-refractivity contribution in [2.24, 2.45) is 5.92 Å². The Bertz CT molecular complexity index is 958. The predicted molar refractivity (Wildman–Crippen MR) is 103 cm³/mol. The normalized spacial score (nSPS) is 14.9. The SMILES string of the molecule is COc1cc2c(cc1C(=O)N(C)C)[nH]c(=O)c(N)[n+]2C(=N)C1CCCCC1. The molecule has 1 aromatic carbocycles. The number of carbonyl (C=O) groups is 1. The van der Waals surface area contributed by atoms with Gasteiger partial charge in [-0.3, -0.25) is 9.59 Å². The summed E-state index contributed by atoms with van der Waals surface area (Å²) in [5.41, 5.74) is 6.92. The largest absolute Gasteiger partial charge is 0.496 e. The Labute approximate surface area is 157 Å². The summed E-state index contributed by atoms with van der Waals surface area (Å²) >= 11 is 0. The zero-order chi connectivity index (χ0) is 19.7. The van der Waals surface area contributed by atoms with Crippen LogP contribution in [-0.4, -0.2) is 42.8 Å². The standard InChI is InChI=1S/C19H25N5O3/c1-23(2)19(26)12-9-13-14(10-15(12)27-3)24(17(21)18(25)22-13)16(20)11-7-5-4-6-8-11/h9-11,20-21H,4-8H2,1-3H3,(H,22,25)/p+1. The molecule has 0 unspecified atom stereocenters. The van der Waals surface area contributed by atoms with Gasteiger partial charge in [-0.05, 0) is 18.9 Å². The number of methoxy groups -OCH3 is 1. The number of hydrogen-bond acceptors (Lipinski definition) is 5. The molecular weight excluding hydrogens is 346 g/mol. The van der Waals surface area contributed by atoms with Crippen LogP contribution in [0.5, 0.6) is 5.75 Å². The molecule has 1 aliphatic rings. The van der Waals surface area contributed by atoms with Crippen LogP contribution in [0.1, 0.15) is 42.5 Å². The minimum atomic E-state index is -0.475. The second-order valence-electron chi connectivity index (χ2n) is 7.16. The lowest BCUT2D eigenvalue weighted by atomic mass is 9.88. The molecule has 2 aromatic rings. The van der Waals surface area contributed by atoms with Crippen LogP contribution in [-0.2, 0) is 0 Å². The van der Waals surface area contributed by atoms with Crippen molar-refractivity contribution in [1.29, 1.82) is 5.41 Å². The first-order chi connectivity index (χ1) is 12.8. The molecule has 1 saturated carbocycles. The van der Waals surface area contributed by atoms with Gasteiger partial charge in [0.05, 0.1) is 18.2 Å². The fraction of sp³-hybridized carbons (Fsp3) is 0.474. The minimum absolute atomic E-state index is 0.0354. The van der Waals surface area contributed by atoms with Gasteiger partial charge in [-0.15, -0.1) is 0 Å². The van der Waals surface area contributed by atoms with Crippen LogP contribution >= 0.6 is 0 Å². The fourth-order valence-electron chi connectivity index (χ4n) is 3.67. The molecule has 0 radical (unpaired) electrons. The molecule has 1 amide bonds. The number of aromatic amines is 1. The van der Waals surface area contributed by atoms with Crippen molar-refractivity contribution in [3.63, 3.8) is 0 Å². The van der Waals surface area contributed by atoms with Gasteiger partial charge in [0, 0.05) is 26.1 Å². The number of nitrogens with two attached hydrogens (primary N) is 1. The number of H-pyrrole nitrogens is 1. The summed E-state index contributed by atoms with van der Waals surface area (Å²) in [6, 6.07) is 3.25. The molecule has 8 heteroatoms. The number of nitrogens with one attached hydrogen (secondary N) is 2. The summed E-state index contributed by atoms with van der Waals surface area (Å²) in [5, 5.41) is 8.69. The third-order valence-electron chi connectivity index (χ3n) is 5.15. The van der Waals surface area contributed by atoms with Crippen molar-refractivity contribution < 1.29 is 14.1 Å². The molecule has 144 valence electrons. The summed E-state index contributed by atoms with van der Waals surface area (Å²) in [4.78, 5) is 29.0. The van der Waals surface area contributed by atoms with E-state index in [1.165, 1.54) is 23.0 Å². The van der Waals surface area contributed by atoms with Gasteiger partial charge < -0.3 is 20.4 Å². The second-order valence-corrected chi connectivity index (χ2v) is 7.16. The highest BCUT2D eigenvalue weighted by molar-refractivity contribution is 6.00. The average molecular weight is 372 g/mol. The van der Waals surface area contributed by atoms with E-state index in [-0.39, 0.29) is 17.6 Å². The number of carbonyl (C=O) groups excluding carboxylic acids is 1. The molecule has 1 aliphatic carbocycles. The number of fused-ring (bicyclic) bond motifs is 1. The molecule has 27 heavy (non-hydrogen) atoms. The van der Waals surface area contributed by atoms with E-state index in [1.54, 1.807) is 26.2 Å². The van der Waals surface area contributed by atoms with Crippen molar-refractivity contribution in [1.82, 2.24) is 9.88 Å². The number of amides is 1. The van der Waals surface area contributed by atoms with E-state index in [4.69, 9.17) is 15.9 Å². The van der Waals surface area contributed by atoms with Crippen molar-refractivity contribution in [3.05, 3.63) is 28.0 Å². The highest BCUT2D eigenvalue weighted by Gasteiger charge is 2.29. The first-order valence-electron chi connectivity index (χ1n) is 9.11. The molecular formula is C19H26N5O3+. The first kappa shape index (κ1) is 18.9. The summed E-state index contributed by atoms with van der Waals surface area (Å²) < 4.78 is 6.91. The van der Waals surface area contributed by atoms with E-state index in [0.29, 0.717) is 28.2 Å². The Morgan fingerprint density at radius 3 is 2.56 bits per heavy atom. The lowest BCUT2D eigenvalue weighted by Gasteiger charge is -2.21. The Kier molecular flexibility index (Phi) is 5.16. The van der Waals surface area contributed by atoms with Crippen molar-refractivity contribution in [3.8, 4) is 5.75 Å². The van der Waals surface area contributed by atoms with E-state index in [2.05, 4.69) is 4.98 Å². The minimum Gasteiger partial charge on any atom is -0.496 e. The number of aromatic nitrogens is 2. The molecule has 8 nitrogen and oxygen atoms in total. The van der Waals surface area contributed by atoms with E-state index in [1.807, 2.05) is 0 Å². The lowest BCUT2D eigenvalue weighted by Crippen LogP contribution is -2.53. The highest BCUT2D eigenvalue weighted by atomic mass is 16.5. The number of benzene rings is 1. The molecule has 4 N–H and O–H groups in total. The third kappa shape index (κ3) is 3.39. The Morgan fingerprint density at radius 1 is 1.30 bits per heavy atom. The highest BCUT2D eigenvalue weighted by Crippen LogP contribution is 2.27. The Balaban J connectivity index is 2.24. The molecule has 0 atom stereocenters.